The normalized spacial score (nSPS) is 22.6. The number of aromatic nitrogens is 3. The fraction of sp³-hybridized carbons (Fsp3) is 0.500. The van der Waals surface area contributed by atoms with Crippen molar-refractivity contribution in [3.05, 3.63) is 36.9 Å². The van der Waals surface area contributed by atoms with Crippen molar-refractivity contribution in [1.82, 2.24) is 14.8 Å². The van der Waals surface area contributed by atoms with Gasteiger partial charge in [0.1, 0.15) is 12.7 Å². The fourth-order valence-electron chi connectivity index (χ4n) is 2.94. The predicted octanol–water partition coefficient (Wildman–Crippen LogP) is 3.51. The Labute approximate surface area is 120 Å². The SMILES string of the molecule is CC1CCC(CNc2ccccc2-n2cncn2)CC1. The van der Waals surface area contributed by atoms with Crippen LogP contribution < -0.4 is 5.32 Å². The minimum Gasteiger partial charge on any atom is -0.383 e. The summed E-state index contributed by atoms with van der Waals surface area (Å²) in [5.41, 5.74) is 2.20. The van der Waals surface area contributed by atoms with Crippen LogP contribution in [0, 0.1) is 11.8 Å². The van der Waals surface area contributed by atoms with Crippen molar-refractivity contribution in [2.24, 2.45) is 11.8 Å². The second kappa shape index (κ2) is 6.07. The van der Waals surface area contributed by atoms with Crippen LogP contribution in [-0.2, 0) is 0 Å². The number of benzene rings is 1. The van der Waals surface area contributed by atoms with Gasteiger partial charge in [-0.25, -0.2) is 9.67 Å². The molecule has 106 valence electrons. The van der Waals surface area contributed by atoms with E-state index in [9.17, 15) is 0 Å². The van der Waals surface area contributed by atoms with Gasteiger partial charge < -0.3 is 5.32 Å². The smallest absolute Gasteiger partial charge is 0.138 e. The molecule has 0 saturated heterocycles. The molecule has 1 saturated carbocycles. The zero-order chi connectivity index (χ0) is 13.8. The lowest BCUT2D eigenvalue weighted by Crippen LogP contribution is -2.20. The molecule has 0 radical (unpaired) electrons. The first-order valence-electron chi connectivity index (χ1n) is 7.51. The van der Waals surface area contributed by atoms with E-state index < -0.39 is 0 Å². The fourth-order valence-corrected chi connectivity index (χ4v) is 2.94. The summed E-state index contributed by atoms with van der Waals surface area (Å²) in [6, 6.07) is 8.28. The molecule has 1 fully saturated rings. The number of hydrogen-bond donors (Lipinski definition) is 1. The minimum absolute atomic E-state index is 0.801. The summed E-state index contributed by atoms with van der Waals surface area (Å²) in [7, 11) is 0. The maximum absolute atomic E-state index is 4.22. The number of nitrogens with zero attached hydrogens (tertiary/aromatic N) is 3. The number of rotatable bonds is 4. The van der Waals surface area contributed by atoms with Crippen LogP contribution in [0.2, 0.25) is 0 Å². The van der Waals surface area contributed by atoms with Crippen LogP contribution in [0.25, 0.3) is 5.69 Å². The molecule has 0 unspecified atom stereocenters. The van der Waals surface area contributed by atoms with Crippen LogP contribution in [-0.4, -0.2) is 21.3 Å². The molecule has 3 rings (SSSR count). The number of para-hydroxylation sites is 2. The van der Waals surface area contributed by atoms with E-state index in [4.69, 9.17) is 0 Å². The monoisotopic (exact) mass is 270 g/mol. The molecule has 0 amide bonds. The molecule has 1 aromatic heterocycles. The largest absolute Gasteiger partial charge is 0.383 e. The van der Waals surface area contributed by atoms with Gasteiger partial charge in [0.15, 0.2) is 0 Å². The topological polar surface area (TPSA) is 42.7 Å². The van der Waals surface area contributed by atoms with E-state index in [1.807, 2.05) is 10.7 Å². The Morgan fingerprint density at radius 2 is 2.00 bits per heavy atom. The van der Waals surface area contributed by atoms with Crippen LogP contribution in [0.3, 0.4) is 0 Å². The quantitative estimate of drug-likeness (QED) is 0.924. The van der Waals surface area contributed by atoms with Crippen LogP contribution >= 0.6 is 0 Å². The summed E-state index contributed by atoms with van der Waals surface area (Å²) in [6.07, 6.45) is 8.75. The summed E-state index contributed by atoms with van der Waals surface area (Å²) in [4.78, 5) is 4.02. The van der Waals surface area contributed by atoms with Gasteiger partial charge in [0.05, 0.1) is 11.4 Å². The van der Waals surface area contributed by atoms with Crippen LogP contribution in [0.1, 0.15) is 32.6 Å². The third-order valence-corrected chi connectivity index (χ3v) is 4.29. The molecular formula is C16H22N4. The first kappa shape index (κ1) is 13.2. The lowest BCUT2D eigenvalue weighted by atomic mass is 9.83. The second-order valence-electron chi connectivity index (χ2n) is 5.86. The Hall–Kier alpha value is -1.84. The highest BCUT2D eigenvalue weighted by Gasteiger charge is 2.18. The highest BCUT2D eigenvalue weighted by atomic mass is 15.3. The van der Waals surface area contributed by atoms with E-state index in [0.717, 1.165) is 29.8 Å². The summed E-state index contributed by atoms with van der Waals surface area (Å²) >= 11 is 0. The van der Waals surface area contributed by atoms with Gasteiger partial charge in [-0.15, -0.1) is 0 Å². The van der Waals surface area contributed by atoms with E-state index in [1.54, 1.807) is 12.7 Å². The molecule has 1 N–H and O–H groups in total. The van der Waals surface area contributed by atoms with E-state index in [2.05, 4.69) is 40.5 Å². The van der Waals surface area contributed by atoms with E-state index in [-0.39, 0.29) is 0 Å². The van der Waals surface area contributed by atoms with Crippen molar-refractivity contribution in [3.63, 3.8) is 0 Å². The molecule has 0 spiro atoms. The van der Waals surface area contributed by atoms with Gasteiger partial charge in [-0.1, -0.05) is 31.9 Å². The maximum Gasteiger partial charge on any atom is 0.138 e. The Balaban J connectivity index is 1.66. The Morgan fingerprint density at radius 3 is 2.75 bits per heavy atom. The van der Waals surface area contributed by atoms with Gasteiger partial charge in [-0.05, 0) is 36.8 Å². The van der Waals surface area contributed by atoms with E-state index >= 15 is 0 Å². The van der Waals surface area contributed by atoms with Crippen molar-refractivity contribution in [2.45, 2.75) is 32.6 Å². The molecule has 1 heterocycles. The van der Waals surface area contributed by atoms with Gasteiger partial charge in [-0.3, -0.25) is 0 Å². The van der Waals surface area contributed by atoms with Crippen LogP contribution in [0.4, 0.5) is 5.69 Å². The third kappa shape index (κ3) is 3.00. The van der Waals surface area contributed by atoms with Crippen molar-refractivity contribution in [3.8, 4) is 5.69 Å². The van der Waals surface area contributed by atoms with Gasteiger partial charge in [0.2, 0.25) is 0 Å². The third-order valence-electron chi connectivity index (χ3n) is 4.29. The molecule has 0 atom stereocenters. The molecular weight excluding hydrogens is 248 g/mol. The first-order valence-corrected chi connectivity index (χ1v) is 7.51. The maximum atomic E-state index is 4.22. The Kier molecular flexibility index (Phi) is 4.00. The Morgan fingerprint density at radius 1 is 1.20 bits per heavy atom. The van der Waals surface area contributed by atoms with Crippen molar-refractivity contribution >= 4 is 5.69 Å². The van der Waals surface area contributed by atoms with Crippen LogP contribution in [0.15, 0.2) is 36.9 Å². The first-order chi connectivity index (χ1) is 9.83. The summed E-state index contributed by atoms with van der Waals surface area (Å²) < 4.78 is 1.81. The number of anilines is 1. The lowest BCUT2D eigenvalue weighted by Gasteiger charge is -2.26. The van der Waals surface area contributed by atoms with Crippen LogP contribution in [0.5, 0.6) is 0 Å². The van der Waals surface area contributed by atoms with Gasteiger partial charge in [-0.2, -0.15) is 5.10 Å². The minimum atomic E-state index is 0.801. The zero-order valence-corrected chi connectivity index (χ0v) is 12.0. The average Bonchev–Trinajstić information content (AvgIpc) is 3.01. The average molecular weight is 270 g/mol. The Bertz CT molecular complexity index is 527. The summed E-state index contributed by atoms with van der Waals surface area (Å²) in [5, 5.41) is 7.81. The molecule has 1 aliphatic carbocycles. The second-order valence-corrected chi connectivity index (χ2v) is 5.86. The molecule has 2 aromatic rings. The predicted molar refractivity (Wildman–Crippen MR) is 81.0 cm³/mol. The molecule has 4 nitrogen and oxygen atoms in total. The summed E-state index contributed by atoms with van der Waals surface area (Å²) in [5.74, 6) is 1.71. The van der Waals surface area contributed by atoms with Crippen molar-refractivity contribution in [1.29, 1.82) is 0 Å². The zero-order valence-electron chi connectivity index (χ0n) is 12.0. The standard InChI is InChI=1S/C16H22N4/c1-13-6-8-14(9-7-13)10-18-15-4-2-3-5-16(15)20-12-17-11-19-20/h2-5,11-14,18H,6-10H2,1H3. The molecule has 1 aliphatic rings. The van der Waals surface area contributed by atoms with Gasteiger partial charge in [0, 0.05) is 6.54 Å². The lowest BCUT2D eigenvalue weighted by molar-refractivity contribution is 0.300. The molecule has 0 aliphatic heterocycles. The van der Waals surface area contributed by atoms with Gasteiger partial charge in [0.25, 0.3) is 0 Å². The van der Waals surface area contributed by atoms with Crippen molar-refractivity contribution in [2.75, 3.05) is 11.9 Å². The highest BCUT2D eigenvalue weighted by Crippen LogP contribution is 2.29. The number of hydrogen-bond acceptors (Lipinski definition) is 3. The molecule has 20 heavy (non-hydrogen) atoms. The molecule has 4 heteroatoms. The molecule has 1 aromatic carbocycles. The van der Waals surface area contributed by atoms with Gasteiger partial charge >= 0.3 is 0 Å². The highest BCUT2D eigenvalue weighted by molar-refractivity contribution is 5.60. The summed E-state index contributed by atoms with van der Waals surface area (Å²) in [6.45, 7) is 3.42. The van der Waals surface area contributed by atoms with E-state index in [0.29, 0.717) is 0 Å². The van der Waals surface area contributed by atoms with Crippen molar-refractivity contribution < 1.29 is 0 Å². The van der Waals surface area contributed by atoms with E-state index in [1.165, 1.54) is 25.7 Å². The molecule has 0 bridgehead atoms. The number of nitrogens with one attached hydrogen (secondary N) is 1.